The van der Waals surface area contributed by atoms with Crippen LogP contribution in [0.1, 0.15) is 41.5 Å². The minimum Gasteiger partial charge on any atom is -0.419 e. The first-order valence-electron chi connectivity index (χ1n) is 10.4. The molecule has 164 valence electrons. The van der Waals surface area contributed by atoms with E-state index in [0.29, 0.717) is 27.9 Å². The number of hydrogen-bond acceptors (Lipinski definition) is 5. The molecule has 0 aliphatic rings. The van der Waals surface area contributed by atoms with Gasteiger partial charge >= 0.3 is 0 Å². The molecule has 0 unspecified atom stereocenters. The van der Waals surface area contributed by atoms with Gasteiger partial charge in [-0.3, -0.25) is 4.79 Å². The summed E-state index contributed by atoms with van der Waals surface area (Å²) < 4.78 is 7.66. The zero-order valence-corrected chi connectivity index (χ0v) is 19.2. The Hall–Kier alpha value is -3.45. The van der Waals surface area contributed by atoms with E-state index in [9.17, 15) is 4.79 Å². The molecule has 2 aromatic carbocycles. The number of hydrogen-bond donors (Lipinski definition) is 0. The summed E-state index contributed by atoms with van der Waals surface area (Å²) in [6, 6.07) is 16.6. The Morgan fingerprint density at radius 1 is 1.09 bits per heavy atom. The molecular weight excluding hydrogens is 426 g/mol. The highest BCUT2D eigenvalue weighted by Gasteiger charge is 2.22. The number of aryl methyl sites for hydroxylation is 2. The van der Waals surface area contributed by atoms with E-state index in [1.807, 2.05) is 80.9 Å². The molecule has 7 nitrogen and oxygen atoms in total. The van der Waals surface area contributed by atoms with Gasteiger partial charge in [0.05, 0.1) is 28.5 Å². The van der Waals surface area contributed by atoms with Crippen LogP contribution in [0.2, 0.25) is 5.02 Å². The van der Waals surface area contributed by atoms with Gasteiger partial charge in [0.15, 0.2) is 0 Å². The van der Waals surface area contributed by atoms with Gasteiger partial charge in [-0.1, -0.05) is 23.7 Å². The normalized spacial score (nSPS) is 11.2. The first kappa shape index (κ1) is 21.8. The third-order valence-corrected chi connectivity index (χ3v) is 5.46. The third-order valence-electron chi connectivity index (χ3n) is 5.13. The average Bonchev–Trinajstić information content (AvgIpc) is 3.37. The molecule has 32 heavy (non-hydrogen) atoms. The van der Waals surface area contributed by atoms with Crippen LogP contribution in [-0.2, 0) is 6.54 Å². The smallest absolute Gasteiger partial charge is 0.254 e. The number of rotatable bonds is 6. The van der Waals surface area contributed by atoms with E-state index in [1.165, 1.54) is 0 Å². The summed E-state index contributed by atoms with van der Waals surface area (Å²) in [6.45, 7) is 8.06. The van der Waals surface area contributed by atoms with Crippen LogP contribution < -0.4 is 0 Å². The Bertz CT molecular complexity index is 1240. The summed E-state index contributed by atoms with van der Waals surface area (Å²) in [5.74, 6) is 0.564. The highest BCUT2D eigenvalue weighted by atomic mass is 35.5. The molecule has 2 aromatic heterocycles. The first-order valence-corrected chi connectivity index (χ1v) is 10.7. The minimum absolute atomic E-state index is 0.0613. The van der Waals surface area contributed by atoms with Gasteiger partial charge in [0.1, 0.15) is 0 Å². The maximum atomic E-state index is 13.2. The second-order valence-corrected chi connectivity index (χ2v) is 8.30. The van der Waals surface area contributed by atoms with Crippen molar-refractivity contribution in [2.75, 3.05) is 0 Å². The molecule has 0 radical (unpaired) electrons. The molecule has 8 heteroatoms. The number of carbonyl (C=O) groups excluding carboxylic acids is 1. The fraction of sp³-hybridized carbons (Fsp3) is 0.250. The van der Waals surface area contributed by atoms with Gasteiger partial charge in [0.2, 0.25) is 11.8 Å². The van der Waals surface area contributed by atoms with Gasteiger partial charge in [0, 0.05) is 17.3 Å². The van der Waals surface area contributed by atoms with Gasteiger partial charge in [-0.25, -0.2) is 4.68 Å². The molecule has 0 aliphatic carbocycles. The molecule has 0 atom stereocenters. The molecule has 0 saturated carbocycles. The van der Waals surface area contributed by atoms with E-state index in [0.717, 1.165) is 17.1 Å². The SMILES string of the molecule is Cc1cc(C)n(-c2ccc(C(=O)N(Cc3nnc(-c4ccccc4Cl)o3)C(C)C)cc2)n1. The van der Waals surface area contributed by atoms with Gasteiger partial charge in [-0.05, 0) is 70.2 Å². The molecule has 0 spiro atoms. The van der Waals surface area contributed by atoms with Gasteiger partial charge in [-0.2, -0.15) is 5.10 Å². The summed E-state index contributed by atoms with van der Waals surface area (Å²) >= 11 is 6.22. The van der Waals surface area contributed by atoms with Crippen molar-refractivity contribution in [1.82, 2.24) is 24.9 Å². The lowest BCUT2D eigenvalue weighted by molar-refractivity contribution is 0.0672. The highest BCUT2D eigenvalue weighted by molar-refractivity contribution is 6.33. The molecule has 1 amide bonds. The number of halogens is 1. The van der Waals surface area contributed by atoms with E-state index in [-0.39, 0.29) is 18.5 Å². The highest BCUT2D eigenvalue weighted by Crippen LogP contribution is 2.27. The summed E-state index contributed by atoms with van der Waals surface area (Å²) in [7, 11) is 0. The summed E-state index contributed by atoms with van der Waals surface area (Å²) in [5.41, 5.74) is 4.13. The fourth-order valence-electron chi connectivity index (χ4n) is 3.50. The van der Waals surface area contributed by atoms with Crippen LogP contribution in [0, 0.1) is 13.8 Å². The summed E-state index contributed by atoms with van der Waals surface area (Å²) in [6.07, 6.45) is 0. The van der Waals surface area contributed by atoms with Crippen LogP contribution in [0.3, 0.4) is 0 Å². The van der Waals surface area contributed by atoms with Crippen molar-refractivity contribution in [3.05, 3.63) is 82.5 Å². The zero-order valence-electron chi connectivity index (χ0n) is 18.4. The lowest BCUT2D eigenvalue weighted by atomic mass is 10.1. The minimum atomic E-state index is -0.114. The number of carbonyl (C=O) groups is 1. The van der Waals surface area contributed by atoms with Crippen molar-refractivity contribution in [3.8, 4) is 17.1 Å². The van der Waals surface area contributed by atoms with Crippen LogP contribution in [0.5, 0.6) is 0 Å². The topological polar surface area (TPSA) is 77.0 Å². The van der Waals surface area contributed by atoms with Crippen LogP contribution in [-0.4, -0.2) is 36.8 Å². The maximum absolute atomic E-state index is 13.2. The number of benzene rings is 2. The average molecular weight is 450 g/mol. The number of amides is 1. The Morgan fingerprint density at radius 3 is 2.44 bits per heavy atom. The Morgan fingerprint density at radius 2 is 1.81 bits per heavy atom. The molecule has 0 N–H and O–H groups in total. The van der Waals surface area contributed by atoms with Crippen molar-refractivity contribution in [2.24, 2.45) is 0 Å². The molecule has 4 aromatic rings. The van der Waals surface area contributed by atoms with E-state index in [4.69, 9.17) is 16.0 Å². The van der Waals surface area contributed by atoms with Crippen LogP contribution in [0.4, 0.5) is 0 Å². The molecule has 0 saturated heterocycles. The lowest BCUT2D eigenvalue weighted by Gasteiger charge is -2.25. The summed E-state index contributed by atoms with van der Waals surface area (Å²) in [4.78, 5) is 14.9. The fourth-order valence-corrected chi connectivity index (χ4v) is 3.71. The van der Waals surface area contributed by atoms with E-state index in [2.05, 4.69) is 15.3 Å². The van der Waals surface area contributed by atoms with E-state index >= 15 is 0 Å². The Labute approximate surface area is 191 Å². The standard InChI is InChI=1S/C24H24ClN5O2/c1-15(2)29(14-22-26-27-23(32-22)20-7-5-6-8-21(20)25)24(31)18-9-11-19(12-10-18)30-17(4)13-16(3)28-30/h5-13,15H,14H2,1-4H3. The lowest BCUT2D eigenvalue weighted by Crippen LogP contribution is -2.36. The third kappa shape index (κ3) is 4.43. The number of aromatic nitrogens is 4. The van der Waals surface area contributed by atoms with Crippen LogP contribution >= 0.6 is 11.6 Å². The molecule has 2 heterocycles. The second kappa shape index (κ2) is 8.96. The van der Waals surface area contributed by atoms with Crippen molar-refractivity contribution >= 4 is 17.5 Å². The van der Waals surface area contributed by atoms with Crippen molar-refractivity contribution in [1.29, 1.82) is 0 Å². The van der Waals surface area contributed by atoms with Crippen LogP contribution in [0.15, 0.2) is 59.0 Å². The predicted molar refractivity (Wildman–Crippen MR) is 123 cm³/mol. The Kier molecular flexibility index (Phi) is 6.10. The second-order valence-electron chi connectivity index (χ2n) is 7.89. The van der Waals surface area contributed by atoms with Crippen molar-refractivity contribution in [2.45, 2.75) is 40.3 Å². The van der Waals surface area contributed by atoms with Crippen molar-refractivity contribution < 1.29 is 9.21 Å². The summed E-state index contributed by atoms with van der Waals surface area (Å²) in [5, 5.41) is 13.2. The molecule has 0 fully saturated rings. The van der Waals surface area contributed by atoms with E-state index < -0.39 is 0 Å². The molecular formula is C24H24ClN5O2. The molecule has 0 bridgehead atoms. The van der Waals surface area contributed by atoms with Gasteiger partial charge in [-0.15, -0.1) is 10.2 Å². The molecule has 4 rings (SSSR count). The van der Waals surface area contributed by atoms with Gasteiger partial charge < -0.3 is 9.32 Å². The molecule has 0 aliphatic heterocycles. The van der Waals surface area contributed by atoms with Crippen LogP contribution in [0.25, 0.3) is 17.1 Å². The zero-order chi connectivity index (χ0) is 22.8. The monoisotopic (exact) mass is 449 g/mol. The largest absolute Gasteiger partial charge is 0.419 e. The quantitative estimate of drug-likeness (QED) is 0.402. The predicted octanol–water partition coefficient (Wildman–Crippen LogP) is 5.24. The maximum Gasteiger partial charge on any atom is 0.254 e. The van der Waals surface area contributed by atoms with E-state index in [1.54, 1.807) is 11.0 Å². The Balaban J connectivity index is 1.54. The first-order chi connectivity index (χ1) is 15.3. The van der Waals surface area contributed by atoms with Crippen molar-refractivity contribution in [3.63, 3.8) is 0 Å². The number of nitrogens with zero attached hydrogens (tertiary/aromatic N) is 5. The van der Waals surface area contributed by atoms with Gasteiger partial charge in [0.25, 0.3) is 5.91 Å².